The van der Waals surface area contributed by atoms with Gasteiger partial charge in [-0.3, -0.25) is 9.59 Å². The summed E-state index contributed by atoms with van der Waals surface area (Å²) in [5.74, 6) is -1.05. The average Bonchev–Trinajstić information content (AvgIpc) is 2.31. The van der Waals surface area contributed by atoms with Gasteiger partial charge >= 0.3 is 0 Å². The zero-order valence-electron chi connectivity index (χ0n) is 12.9. The molecule has 1 aliphatic rings. The molecule has 0 aliphatic heterocycles. The van der Waals surface area contributed by atoms with Crippen molar-refractivity contribution in [3.05, 3.63) is 0 Å². The van der Waals surface area contributed by atoms with Gasteiger partial charge in [0.2, 0.25) is 11.8 Å². The number of carbonyl (C=O) groups excluding carboxylic acids is 2. The van der Waals surface area contributed by atoms with E-state index in [4.69, 9.17) is 11.5 Å². The fourth-order valence-electron chi connectivity index (χ4n) is 3.61. The molecule has 0 aromatic rings. The van der Waals surface area contributed by atoms with Gasteiger partial charge < -0.3 is 21.7 Å². The molecule has 0 aromatic heterocycles. The lowest BCUT2D eigenvalue weighted by atomic mass is 9.71. The van der Waals surface area contributed by atoms with E-state index in [1.165, 1.54) is 0 Å². The van der Waals surface area contributed by atoms with Crippen molar-refractivity contribution in [2.24, 2.45) is 35.1 Å². The third-order valence-corrected chi connectivity index (χ3v) is 4.52. The molecule has 6 nitrogen and oxygen atoms in total. The SMILES string of the molecule is CC1CC(C)C(O)C(C(O)CC(CC(N)=O)CC(N)=O)C1. The van der Waals surface area contributed by atoms with Gasteiger partial charge in [-0.25, -0.2) is 0 Å². The number of carbonyl (C=O) groups is 2. The van der Waals surface area contributed by atoms with E-state index in [1.807, 2.05) is 6.92 Å². The molecule has 0 heterocycles. The van der Waals surface area contributed by atoms with Crippen molar-refractivity contribution in [3.63, 3.8) is 0 Å². The summed E-state index contributed by atoms with van der Waals surface area (Å²) in [4.78, 5) is 22.1. The van der Waals surface area contributed by atoms with Crippen molar-refractivity contribution >= 4 is 11.8 Å². The molecule has 122 valence electrons. The number of nitrogens with two attached hydrogens (primary N) is 2. The molecular weight excluding hydrogens is 272 g/mol. The predicted octanol–water partition coefficient (Wildman–Crippen LogP) is 0.148. The van der Waals surface area contributed by atoms with Crippen LogP contribution >= 0.6 is 0 Å². The maximum atomic E-state index is 11.1. The molecule has 1 aliphatic carbocycles. The Morgan fingerprint density at radius 2 is 1.67 bits per heavy atom. The molecule has 6 N–H and O–H groups in total. The monoisotopic (exact) mass is 300 g/mol. The number of hydrogen-bond acceptors (Lipinski definition) is 4. The molecule has 0 radical (unpaired) electrons. The van der Waals surface area contributed by atoms with Crippen LogP contribution in [0.3, 0.4) is 0 Å². The van der Waals surface area contributed by atoms with Gasteiger partial charge in [0.25, 0.3) is 0 Å². The highest BCUT2D eigenvalue weighted by molar-refractivity contribution is 5.77. The van der Waals surface area contributed by atoms with Gasteiger partial charge in [0.1, 0.15) is 0 Å². The second kappa shape index (κ2) is 7.75. The lowest BCUT2D eigenvalue weighted by Gasteiger charge is -2.39. The number of hydrogen-bond donors (Lipinski definition) is 4. The fourth-order valence-corrected chi connectivity index (χ4v) is 3.61. The van der Waals surface area contributed by atoms with Crippen LogP contribution in [-0.4, -0.2) is 34.2 Å². The molecule has 21 heavy (non-hydrogen) atoms. The lowest BCUT2D eigenvalue weighted by molar-refractivity contribution is -0.121. The average molecular weight is 300 g/mol. The van der Waals surface area contributed by atoms with Crippen molar-refractivity contribution < 1.29 is 19.8 Å². The normalized spacial score (nSPS) is 31.1. The van der Waals surface area contributed by atoms with E-state index < -0.39 is 24.0 Å². The molecule has 5 unspecified atom stereocenters. The molecule has 6 heteroatoms. The molecule has 1 rings (SSSR count). The maximum absolute atomic E-state index is 11.1. The van der Waals surface area contributed by atoms with Gasteiger partial charge in [-0.05, 0) is 37.0 Å². The Hall–Kier alpha value is -1.14. The van der Waals surface area contributed by atoms with Gasteiger partial charge in [0.15, 0.2) is 0 Å². The van der Waals surface area contributed by atoms with E-state index in [0.717, 1.165) is 12.8 Å². The summed E-state index contributed by atoms with van der Waals surface area (Å²) in [7, 11) is 0. The first kappa shape index (κ1) is 17.9. The highest BCUT2D eigenvalue weighted by Gasteiger charge is 2.37. The molecule has 1 fully saturated rings. The van der Waals surface area contributed by atoms with E-state index in [1.54, 1.807) is 0 Å². The first-order valence-corrected chi connectivity index (χ1v) is 7.63. The molecule has 2 amide bonds. The Labute approximate surface area is 125 Å². The first-order valence-electron chi connectivity index (χ1n) is 7.63. The van der Waals surface area contributed by atoms with Crippen LogP contribution in [0.15, 0.2) is 0 Å². The third-order valence-electron chi connectivity index (χ3n) is 4.52. The van der Waals surface area contributed by atoms with Crippen LogP contribution in [0.1, 0.15) is 46.0 Å². The molecule has 1 saturated carbocycles. The van der Waals surface area contributed by atoms with Crippen LogP contribution in [0.25, 0.3) is 0 Å². The van der Waals surface area contributed by atoms with Crippen LogP contribution in [0.5, 0.6) is 0 Å². The number of primary amides is 2. The van der Waals surface area contributed by atoms with Gasteiger partial charge in [0.05, 0.1) is 12.2 Å². The summed E-state index contributed by atoms with van der Waals surface area (Å²) in [6.45, 7) is 4.08. The molecule has 0 spiro atoms. The molecule has 0 bridgehead atoms. The van der Waals surface area contributed by atoms with Crippen LogP contribution in [-0.2, 0) is 9.59 Å². The molecular formula is C15H28N2O4. The van der Waals surface area contributed by atoms with Crippen LogP contribution < -0.4 is 11.5 Å². The number of aliphatic hydroxyl groups excluding tert-OH is 2. The maximum Gasteiger partial charge on any atom is 0.217 e. The second-order valence-corrected chi connectivity index (χ2v) is 6.72. The highest BCUT2D eigenvalue weighted by Crippen LogP contribution is 2.37. The number of aliphatic hydroxyl groups is 2. The Morgan fingerprint density at radius 3 is 2.14 bits per heavy atom. The minimum absolute atomic E-state index is 0.0217. The third kappa shape index (κ3) is 5.63. The zero-order chi connectivity index (χ0) is 16.2. The van der Waals surface area contributed by atoms with Crippen LogP contribution in [0.4, 0.5) is 0 Å². The van der Waals surface area contributed by atoms with Crippen molar-refractivity contribution in [3.8, 4) is 0 Å². The summed E-state index contributed by atoms with van der Waals surface area (Å²) in [5.41, 5.74) is 10.3. The van der Waals surface area contributed by atoms with Crippen molar-refractivity contribution in [2.75, 3.05) is 0 Å². The van der Waals surface area contributed by atoms with Crippen LogP contribution in [0.2, 0.25) is 0 Å². The quantitative estimate of drug-likeness (QED) is 0.533. The van der Waals surface area contributed by atoms with Gasteiger partial charge in [-0.1, -0.05) is 13.8 Å². The zero-order valence-corrected chi connectivity index (χ0v) is 12.9. The number of rotatable bonds is 7. The smallest absolute Gasteiger partial charge is 0.217 e. The van der Waals surface area contributed by atoms with Gasteiger partial charge in [0, 0.05) is 18.8 Å². The Bertz CT molecular complexity index is 359. The number of amides is 2. The molecule has 5 atom stereocenters. The molecule has 0 saturated heterocycles. The minimum atomic E-state index is -0.756. The summed E-state index contributed by atoms with van der Waals surface area (Å²) in [6.07, 6.45) is 0.672. The van der Waals surface area contributed by atoms with E-state index >= 15 is 0 Å². The highest BCUT2D eigenvalue weighted by atomic mass is 16.3. The van der Waals surface area contributed by atoms with E-state index in [0.29, 0.717) is 5.92 Å². The van der Waals surface area contributed by atoms with Crippen molar-refractivity contribution in [1.29, 1.82) is 0 Å². The predicted molar refractivity (Wildman–Crippen MR) is 78.8 cm³/mol. The Kier molecular flexibility index (Phi) is 6.61. The summed E-state index contributed by atoms with van der Waals surface area (Å²) >= 11 is 0. The van der Waals surface area contributed by atoms with E-state index in [2.05, 4.69) is 6.92 Å². The Balaban J connectivity index is 2.68. The molecule has 0 aromatic carbocycles. The van der Waals surface area contributed by atoms with Crippen LogP contribution in [0, 0.1) is 23.7 Å². The summed E-state index contributed by atoms with van der Waals surface area (Å²) < 4.78 is 0. The van der Waals surface area contributed by atoms with E-state index in [9.17, 15) is 19.8 Å². The summed E-state index contributed by atoms with van der Waals surface area (Å²) in [6, 6.07) is 0. The summed E-state index contributed by atoms with van der Waals surface area (Å²) in [5, 5.41) is 20.7. The first-order chi connectivity index (χ1) is 9.70. The largest absolute Gasteiger partial charge is 0.393 e. The standard InChI is InChI=1S/C15H28N2O4/c1-8-3-9(2)15(21)11(4-8)12(18)5-10(6-13(16)19)7-14(17)20/h8-12,15,18,21H,3-7H2,1-2H3,(H2,16,19)(H2,17,20). The topological polar surface area (TPSA) is 127 Å². The van der Waals surface area contributed by atoms with E-state index in [-0.39, 0.29) is 37.0 Å². The van der Waals surface area contributed by atoms with Crippen molar-refractivity contribution in [2.45, 2.75) is 58.2 Å². The van der Waals surface area contributed by atoms with Crippen molar-refractivity contribution in [1.82, 2.24) is 0 Å². The lowest BCUT2D eigenvalue weighted by Crippen LogP contribution is -2.42. The second-order valence-electron chi connectivity index (χ2n) is 6.72. The van der Waals surface area contributed by atoms with Gasteiger partial charge in [-0.2, -0.15) is 0 Å². The minimum Gasteiger partial charge on any atom is -0.393 e. The van der Waals surface area contributed by atoms with Gasteiger partial charge in [-0.15, -0.1) is 0 Å². The Morgan fingerprint density at radius 1 is 1.14 bits per heavy atom. The fraction of sp³-hybridized carbons (Fsp3) is 0.867.